The molecule has 1 fully saturated rings. The number of halogens is 4. The lowest BCUT2D eigenvalue weighted by molar-refractivity contribution is 0.438. The fraction of sp³-hybridized carbons (Fsp3) is 0.160. The van der Waals surface area contributed by atoms with Crippen LogP contribution in [0.1, 0.15) is 29.5 Å². The molecule has 36 heavy (non-hydrogen) atoms. The van der Waals surface area contributed by atoms with E-state index in [1.807, 2.05) is 12.1 Å². The molecule has 1 aliphatic rings. The number of nitriles is 1. The summed E-state index contributed by atoms with van der Waals surface area (Å²) in [5.41, 5.74) is 0.626. The summed E-state index contributed by atoms with van der Waals surface area (Å²) in [5.74, 6) is -1.64. The van der Waals surface area contributed by atoms with E-state index in [0.717, 1.165) is 17.7 Å². The Morgan fingerprint density at radius 3 is 2.56 bits per heavy atom. The highest BCUT2D eigenvalue weighted by atomic mass is 35.5. The molecule has 6 nitrogen and oxygen atoms in total. The van der Waals surface area contributed by atoms with Crippen LogP contribution in [-0.4, -0.2) is 17.8 Å². The third-order valence-electron chi connectivity index (χ3n) is 5.03. The molecule has 1 saturated carbocycles. The highest BCUT2D eigenvalue weighted by Gasteiger charge is 2.22. The summed E-state index contributed by atoms with van der Waals surface area (Å²) in [5, 5.41) is 26.1. The van der Waals surface area contributed by atoms with E-state index >= 15 is 4.39 Å². The first-order chi connectivity index (χ1) is 17.2. The van der Waals surface area contributed by atoms with E-state index < -0.39 is 5.82 Å². The number of nitrogens with zero attached hydrogens (tertiary/aromatic N) is 1. The molecule has 0 amide bonds. The number of benzene rings is 3. The molecular weight excluding hydrogens is 546 g/mol. The summed E-state index contributed by atoms with van der Waals surface area (Å²) < 4.78 is 29.5. The van der Waals surface area contributed by atoms with Crippen LogP contribution in [-0.2, 0) is 11.2 Å². The van der Waals surface area contributed by atoms with E-state index in [1.54, 1.807) is 12.1 Å². The molecule has 184 valence electrons. The lowest BCUT2D eigenvalue weighted by Gasteiger charge is -2.14. The normalized spacial score (nSPS) is 12.6. The van der Waals surface area contributed by atoms with Crippen LogP contribution < -0.4 is 9.46 Å². The Bertz CT molecular complexity index is 1390. The lowest BCUT2D eigenvalue weighted by atomic mass is 10.1. The van der Waals surface area contributed by atoms with Gasteiger partial charge < -0.3 is 9.47 Å². The van der Waals surface area contributed by atoms with Crippen molar-refractivity contribution in [2.75, 3.05) is 0 Å². The van der Waals surface area contributed by atoms with Crippen LogP contribution in [0.3, 0.4) is 0 Å². The summed E-state index contributed by atoms with van der Waals surface area (Å²) in [4.78, 5) is 0.854. The van der Waals surface area contributed by atoms with E-state index in [9.17, 15) is 0 Å². The molecule has 11 heteroatoms. The molecule has 0 aromatic heterocycles. The molecule has 4 rings (SSSR count). The molecule has 3 aromatic rings. The highest BCUT2D eigenvalue weighted by molar-refractivity contribution is 7.97. The molecule has 1 aliphatic carbocycles. The lowest BCUT2D eigenvalue weighted by Crippen LogP contribution is -2.15. The second-order valence-corrected chi connectivity index (χ2v) is 10.1. The van der Waals surface area contributed by atoms with Crippen molar-refractivity contribution in [1.29, 1.82) is 16.1 Å². The predicted molar refractivity (Wildman–Crippen MR) is 140 cm³/mol. The van der Waals surface area contributed by atoms with Crippen molar-refractivity contribution in [2.45, 2.75) is 30.2 Å². The molecular formula is C25H18Cl3FN4O2S. The van der Waals surface area contributed by atoms with E-state index in [0.29, 0.717) is 16.6 Å². The van der Waals surface area contributed by atoms with Gasteiger partial charge in [0.25, 0.3) is 0 Å². The fourth-order valence-electron chi connectivity index (χ4n) is 3.09. The van der Waals surface area contributed by atoms with Gasteiger partial charge in [0, 0.05) is 21.5 Å². The van der Waals surface area contributed by atoms with Crippen LogP contribution in [0.15, 0.2) is 53.4 Å². The minimum absolute atomic E-state index is 0.00386. The first kappa shape index (κ1) is 26.3. The molecule has 0 bridgehead atoms. The fourth-order valence-corrected chi connectivity index (χ4v) is 4.55. The van der Waals surface area contributed by atoms with Crippen LogP contribution in [0.2, 0.25) is 15.1 Å². The Balaban J connectivity index is 1.46. The zero-order valence-corrected chi connectivity index (χ0v) is 21.6. The van der Waals surface area contributed by atoms with E-state index in [4.69, 9.17) is 60.4 Å². The maximum absolute atomic E-state index is 15.3. The Kier molecular flexibility index (Phi) is 8.39. The van der Waals surface area contributed by atoms with Crippen LogP contribution >= 0.6 is 46.8 Å². The van der Waals surface area contributed by atoms with Gasteiger partial charge in [-0.3, -0.25) is 15.5 Å². The number of hydrogen-bond donors (Lipinski definition) is 3. The largest absolute Gasteiger partial charge is 0.453 e. The summed E-state index contributed by atoms with van der Waals surface area (Å²) in [6, 6.07) is 14.7. The van der Waals surface area contributed by atoms with Crippen molar-refractivity contribution in [3.8, 4) is 17.6 Å². The topological polar surface area (TPSA) is 102 Å². The SMILES string of the molecule is N#Cc1cc(Cl)cc(Oc2c(Cl)ccc(CC(=N)OC(=N)c3cc(SNC4CC4)ccc3Cl)c2F)c1. The quantitative estimate of drug-likeness (QED) is 0.148. The van der Waals surface area contributed by atoms with Crippen molar-refractivity contribution in [3.05, 3.63) is 86.1 Å². The van der Waals surface area contributed by atoms with Gasteiger partial charge in [-0.2, -0.15) is 5.26 Å². The average Bonchev–Trinajstić information content (AvgIpc) is 3.67. The number of nitrogens with one attached hydrogen (secondary N) is 3. The van der Waals surface area contributed by atoms with E-state index in [-0.39, 0.29) is 50.9 Å². The second-order valence-electron chi connectivity index (χ2n) is 7.91. The molecule has 3 aromatic carbocycles. The molecule has 0 unspecified atom stereocenters. The van der Waals surface area contributed by atoms with Crippen molar-refractivity contribution in [3.63, 3.8) is 0 Å². The standard InChI is InChI=1S/C25H18Cl3FN4O2S/c26-15-7-13(12-30)8-17(10-15)34-24-21(28)5-1-14(23(24)29)9-22(31)35-25(32)19-11-18(4-6-20(19)27)36-33-16-2-3-16/h1,4-8,10-11,16,31-33H,2-3,9H2. The minimum Gasteiger partial charge on any atom is -0.453 e. The van der Waals surface area contributed by atoms with Gasteiger partial charge in [0.15, 0.2) is 17.5 Å². The summed E-state index contributed by atoms with van der Waals surface area (Å²) in [6.07, 6.45) is 2.01. The first-order valence-corrected chi connectivity index (χ1v) is 12.6. The Morgan fingerprint density at radius 2 is 1.83 bits per heavy atom. The van der Waals surface area contributed by atoms with Crippen molar-refractivity contribution >= 4 is 58.5 Å². The molecule has 0 atom stereocenters. The van der Waals surface area contributed by atoms with Gasteiger partial charge in [0.2, 0.25) is 5.90 Å². The smallest absolute Gasteiger partial charge is 0.222 e. The molecule has 0 radical (unpaired) electrons. The Morgan fingerprint density at radius 1 is 1.08 bits per heavy atom. The molecule has 0 heterocycles. The molecule has 0 spiro atoms. The molecule has 3 N–H and O–H groups in total. The summed E-state index contributed by atoms with van der Waals surface area (Å²) in [7, 11) is 0. The van der Waals surface area contributed by atoms with E-state index in [1.165, 1.54) is 42.3 Å². The van der Waals surface area contributed by atoms with Crippen molar-refractivity contribution < 1.29 is 13.9 Å². The van der Waals surface area contributed by atoms with Crippen molar-refractivity contribution in [2.24, 2.45) is 0 Å². The zero-order chi connectivity index (χ0) is 25.8. The van der Waals surface area contributed by atoms with Crippen LogP contribution in [0.5, 0.6) is 11.5 Å². The van der Waals surface area contributed by atoms with Gasteiger partial charge in [-0.1, -0.05) is 40.9 Å². The second kappa shape index (κ2) is 11.5. The van der Waals surface area contributed by atoms with Crippen LogP contribution in [0.25, 0.3) is 0 Å². The zero-order valence-electron chi connectivity index (χ0n) is 18.5. The third-order valence-corrected chi connectivity index (χ3v) is 6.82. The maximum atomic E-state index is 15.3. The minimum atomic E-state index is -0.802. The predicted octanol–water partition coefficient (Wildman–Crippen LogP) is 7.77. The van der Waals surface area contributed by atoms with Gasteiger partial charge in [0.05, 0.1) is 33.7 Å². The number of rotatable bonds is 8. The van der Waals surface area contributed by atoms with Gasteiger partial charge in [0.1, 0.15) is 5.75 Å². The highest BCUT2D eigenvalue weighted by Crippen LogP contribution is 2.35. The van der Waals surface area contributed by atoms with Gasteiger partial charge in [-0.15, -0.1) is 0 Å². The van der Waals surface area contributed by atoms with Gasteiger partial charge in [-0.25, -0.2) is 4.39 Å². The average molecular weight is 564 g/mol. The van der Waals surface area contributed by atoms with E-state index in [2.05, 4.69) is 4.72 Å². The molecule has 0 aliphatic heterocycles. The van der Waals surface area contributed by atoms with Gasteiger partial charge in [-0.05, 0) is 67.3 Å². The van der Waals surface area contributed by atoms with Gasteiger partial charge >= 0.3 is 0 Å². The monoisotopic (exact) mass is 562 g/mol. The Labute approximate surface area is 226 Å². The van der Waals surface area contributed by atoms with Crippen LogP contribution in [0, 0.1) is 28.0 Å². The Hall–Kier alpha value is -2.80. The number of ether oxygens (including phenoxy) is 2. The van der Waals surface area contributed by atoms with Crippen molar-refractivity contribution in [1.82, 2.24) is 4.72 Å². The molecule has 0 saturated heterocycles. The first-order valence-electron chi connectivity index (χ1n) is 10.6. The van der Waals surface area contributed by atoms with Crippen LogP contribution in [0.4, 0.5) is 4.39 Å². The summed E-state index contributed by atoms with van der Waals surface area (Å²) >= 11 is 19.8. The maximum Gasteiger partial charge on any atom is 0.222 e. The number of hydrogen-bond acceptors (Lipinski definition) is 7. The third kappa shape index (κ3) is 6.69. The summed E-state index contributed by atoms with van der Waals surface area (Å²) in [6.45, 7) is 0.